The first-order valence-corrected chi connectivity index (χ1v) is 7.86. The molecule has 2 aromatic rings. The average Bonchev–Trinajstić information content (AvgIpc) is 2.85. The lowest BCUT2D eigenvalue weighted by molar-refractivity contribution is 0.0157. The maximum Gasteiger partial charge on any atom is 0.146 e. The summed E-state index contributed by atoms with van der Waals surface area (Å²) >= 11 is 6.11. The molecule has 4 nitrogen and oxygen atoms in total. The predicted molar refractivity (Wildman–Crippen MR) is 84.0 cm³/mol. The third-order valence-corrected chi connectivity index (χ3v) is 4.64. The zero-order valence-corrected chi connectivity index (χ0v) is 13.3. The van der Waals surface area contributed by atoms with E-state index >= 15 is 0 Å². The molecule has 1 fully saturated rings. The van der Waals surface area contributed by atoms with Gasteiger partial charge in [-0.3, -0.25) is 0 Å². The van der Waals surface area contributed by atoms with Gasteiger partial charge in [-0.15, -0.1) is 11.6 Å². The second-order valence-corrected chi connectivity index (χ2v) is 6.27. The Balaban J connectivity index is 2.04. The number of alkyl halides is 1. The maximum atomic E-state index is 6.11. The minimum atomic E-state index is 0.232. The third-order valence-electron chi connectivity index (χ3n) is 4.40. The summed E-state index contributed by atoms with van der Waals surface area (Å²) < 4.78 is 13.2. The Kier molecular flexibility index (Phi) is 4.09. The van der Waals surface area contributed by atoms with Gasteiger partial charge in [-0.1, -0.05) is 13.0 Å². The summed E-state index contributed by atoms with van der Waals surface area (Å²) in [4.78, 5) is 4.67. The first-order chi connectivity index (χ1) is 10.2. The van der Waals surface area contributed by atoms with Crippen molar-refractivity contribution in [3.8, 4) is 5.75 Å². The van der Waals surface area contributed by atoms with E-state index in [0.29, 0.717) is 5.88 Å². The van der Waals surface area contributed by atoms with Crippen molar-refractivity contribution in [2.24, 2.45) is 5.41 Å². The fourth-order valence-electron chi connectivity index (χ4n) is 3.02. The van der Waals surface area contributed by atoms with Crippen molar-refractivity contribution < 1.29 is 9.47 Å². The minimum Gasteiger partial charge on any atom is -0.494 e. The zero-order valence-electron chi connectivity index (χ0n) is 12.6. The van der Waals surface area contributed by atoms with Crippen LogP contribution in [0.15, 0.2) is 18.2 Å². The Labute approximate surface area is 130 Å². The standard InChI is InChI=1S/C16H21ClN2O2/c1-16(6-8-21-9-7-16)11-19-12-4-3-5-13(20-2)15(12)18-14(19)10-17/h3-5H,6-11H2,1-2H3. The summed E-state index contributed by atoms with van der Waals surface area (Å²) in [6.07, 6.45) is 2.14. The average molecular weight is 309 g/mol. The van der Waals surface area contributed by atoms with E-state index in [4.69, 9.17) is 21.1 Å². The van der Waals surface area contributed by atoms with Gasteiger partial charge in [-0.25, -0.2) is 4.98 Å². The van der Waals surface area contributed by atoms with Gasteiger partial charge in [0.05, 0.1) is 18.5 Å². The molecule has 1 aliphatic rings. The lowest BCUT2D eigenvalue weighted by atomic mass is 9.82. The van der Waals surface area contributed by atoms with Crippen molar-refractivity contribution in [2.75, 3.05) is 20.3 Å². The second-order valence-electron chi connectivity index (χ2n) is 6.00. The number of methoxy groups -OCH3 is 1. The van der Waals surface area contributed by atoms with Gasteiger partial charge in [-0.2, -0.15) is 0 Å². The monoisotopic (exact) mass is 308 g/mol. The molecule has 0 aliphatic carbocycles. The summed E-state index contributed by atoms with van der Waals surface area (Å²) in [5, 5.41) is 0. The zero-order chi connectivity index (χ0) is 14.9. The van der Waals surface area contributed by atoms with Gasteiger partial charge in [-0.05, 0) is 30.4 Å². The smallest absolute Gasteiger partial charge is 0.146 e. The highest BCUT2D eigenvalue weighted by atomic mass is 35.5. The number of benzene rings is 1. The lowest BCUT2D eigenvalue weighted by Crippen LogP contribution is -2.31. The molecule has 0 amide bonds. The fraction of sp³-hybridized carbons (Fsp3) is 0.562. The quantitative estimate of drug-likeness (QED) is 0.810. The van der Waals surface area contributed by atoms with Crippen molar-refractivity contribution in [1.29, 1.82) is 0 Å². The van der Waals surface area contributed by atoms with E-state index in [1.165, 1.54) is 0 Å². The summed E-state index contributed by atoms with van der Waals surface area (Å²) in [6.45, 7) is 4.91. The Morgan fingerprint density at radius 1 is 1.38 bits per heavy atom. The number of halogens is 1. The Morgan fingerprint density at radius 3 is 2.81 bits per heavy atom. The van der Waals surface area contributed by atoms with E-state index in [9.17, 15) is 0 Å². The summed E-state index contributed by atoms with van der Waals surface area (Å²) in [6, 6.07) is 6.03. The van der Waals surface area contributed by atoms with E-state index in [-0.39, 0.29) is 5.41 Å². The molecule has 1 saturated heterocycles. The molecule has 21 heavy (non-hydrogen) atoms. The number of ether oxygens (including phenoxy) is 2. The highest BCUT2D eigenvalue weighted by Gasteiger charge is 2.29. The molecule has 0 saturated carbocycles. The Bertz CT molecular complexity index is 632. The molecule has 0 N–H and O–H groups in total. The highest BCUT2D eigenvalue weighted by Crippen LogP contribution is 2.35. The number of nitrogens with zero attached hydrogens (tertiary/aromatic N) is 2. The van der Waals surface area contributed by atoms with Crippen molar-refractivity contribution in [2.45, 2.75) is 32.2 Å². The summed E-state index contributed by atoms with van der Waals surface area (Å²) in [7, 11) is 1.67. The van der Waals surface area contributed by atoms with Crippen LogP contribution in [0.3, 0.4) is 0 Å². The van der Waals surface area contributed by atoms with Crippen LogP contribution in [0.2, 0.25) is 0 Å². The number of hydrogen-bond donors (Lipinski definition) is 0. The summed E-state index contributed by atoms with van der Waals surface area (Å²) in [5.41, 5.74) is 2.22. The van der Waals surface area contributed by atoms with E-state index < -0.39 is 0 Å². The van der Waals surface area contributed by atoms with Crippen LogP contribution in [0, 0.1) is 5.41 Å². The fourth-order valence-corrected chi connectivity index (χ4v) is 3.22. The second kappa shape index (κ2) is 5.85. The molecular weight excluding hydrogens is 288 g/mol. The molecular formula is C16H21ClN2O2. The molecule has 1 aliphatic heterocycles. The van der Waals surface area contributed by atoms with Gasteiger partial charge in [0.25, 0.3) is 0 Å². The number of aromatic nitrogens is 2. The molecule has 1 aromatic carbocycles. The van der Waals surface area contributed by atoms with Crippen LogP contribution in [0.1, 0.15) is 25.6 Å². The van der Waals surface area contributed by atoms with Gasteiger partial charge < -0.3 is 14.0 Å². The molecule has 0 unspecified atom stereocenters. The number of fused-ring (bicyclic) bond motifs is 1. The van der Waals surface area contributed by atoms with Crippen LogP contribution in [0.25, 0.3) is 11.0 Å². The van der Waals surface area contributed by atoms with Crippen LogP contribution >= 0.6 is 11.6 Å². The molecule has 0 atom stereocenters. The van der Waals surface area contributed by atoms with Crippen LogP contribution in [0.4, 0.5) is 0 Å². The van der Waals surface area contributed by atoms with Crippen molar-refractivity contribution in [3.63, 3.8) is 0 Å². The van der Waals surface area contributed by atoms with Gasteiger partial charge in [0, 0.05) is 19.8 Å². The molecule has 0 radical (unpaired) electrons. The first kappa shape index (κ1) is 14.7. The van der Waals surface area contributed by atoms with Crippen LogP contribution < -0.4 is 4.74 Å². The number of imidazole rings is 1. The van der Waals surface area contributed by atoms with Gasteiger partial charge in [0.15, 0.2) is 0 Å². The first-order valence-electron chi connectivity index (χ1n) is 7.33. The summed E-state index contributed by atoms with van der Waals surface area (Å²) in [5.74, 6) is 2.11. The normalized spacial score (nSPS) is 18.0. The van der Waals surface area contributed by atoms with Crippen LogP contribution in [-0.4, -0.2) is 29.9 Å². The van der Waals surface area contributed by atoms with Crippen molar-refractivity contribution in [3.05, 3.63) is 24.0 Å². The van der Waals surface area contributed by atoms with E-state index in [2.05, 4.69) is 22.5 Å². The predicted octanol–water partition coefficient (Wildman–Crippen LogP) is 3.60. The topological polar surface area (TPSA) is 36.3 Å². The molecule has 5 heteroatoms. The van der Waals surface area contributed by atoms with Gasteiger partial charge in [0.2, 0.25) is 0 Å². The molecule has 0 bridgehead atoms. The molecule has 1 aromatic heterocycles. The van der Waals surface area contributed by atoms with Crippen LogP contribution in [-0.2, 0) is 17.2 Å². The molecule has 114 valence electrons. The largest absolute Gasteiger partial charge is 0.494 e. The third kappa shape index (κ3) is 2.74. The minimum absolute atomic E-state index is 0.232. The van der Waals surface area contributed by atoms with Gasteiger partial charge >= 0.3 is 0 Å². The van der Waals surface area contributed by atoms with Gasteiger partial charge in [0.1, 0.15) is 17.1 Å². The molecule has 3 rings (SSSR count). The van der Waals surface area contributed by atoms with Crippen molar-refractivity contribution >= 4 is 22.6 Å². The van der Waals surface area contributed by atoms with Crippen LogP contribution in [0.5, 0.6) is 5.75 Å². The molecule has 2 heterocycles. The van der Waals surface area contributed by atoms with E-state index in [1.807, 2.05) is 12.1 Å². The number of rotatable bonds is 4. The highest BCUT2D eigenvalue weighted by molar-refractivity contribution is 6.16. The Morgan fingerprint density at radius 2 is 2.14 bits per heavy atom. The SMILES string of the molecule is COc1cccc2c1nc(CCl)n2CC1(C)CCOCC1. The molecule has 0 spiro atoms. The lowest BCUT2D eigenvalue weighted by Gasteiger charge is -2.34. The van der Waals surface area contributed by atoms with E-state index in [0.717, 1.165) is 55.2 Å². The van der Waals surface area contributed by atoms with Crippen molar-refractivity contribution in [1.82, 2.24) is 9.55 Å². The van der Waals surface area contributed by atoms with E-state index in [1.54, 1.807) is 7.11 Å². The Hall–Kier alpha value is -1.26. The maximum absolute atomic E-state index is 6.11. The number of para-hydroxylation sites is 1. The number of hydrogen-bond acceptors (Lipinski definition) is 3.